The highest BCUT2D eigenvalue weighted by Crippen LogP contribution is 2.25. The molecule has 1 aliphatic carbocycles. The molecule has 1 aliphatic rings. The van der Waals surface area contributed by atoms with E-state index in [-0.39, 0.29) is 17.3 Å². The first-order valence-electron chi connectivity index (χ1n) is 6.95. The Hall–Kier alpha value is -2.31. The Bertz CT molecular complexity index is 539. The molecule has 1 saturated carbocycles. The number of para-hydroxylation sites is 1. The number of carbonyl (C=O) groups excluding carboxylic acids is 1. The first-order valence-corrected chi connectivity index (χ1v) is 6.95. The molecule has 2 rings (SSSR count). The second kappa shape index (κ2) is 6.92. The molecule has 0 saturated heterocycles. The van der Waals surface area contributed by atoms with Crippen molar-refractivity contribution >= 4 is 11.6 Å². The first-order chi connectivity index (χ1) is 10.1. The Morgan fingerprint density at radius 2 is 1.95 bits per heavy atom. The van der Waals surface area contributed by atoms with Gasteiger partial charge in [-0.2, -0.15) is 4.91 Å². The van der Waals surface area contributed by atoms with Gasteiger partial charge >= 0.3 is 0 Å². The number of hydrogen-bond donors (Lipinski definition) is 1. The van der Waals surface area contributed by atoms with Crippen molar-refractivity contribution in [3.63, 3.8) is 0 Å². The normalized spacial score (nSPS) is 21.5. The molecule has 0 aliphatic heterocycles. The molecule has 0 atom stereocenters. The Balaban J connectivity index is 1.97. The van der Waals surface area contributed by atoms with E-state index in [1.807, 2.05) is 0 Å². The Kier molecular flexibility index (Phi) is 4.97. The van der Waals surface area contributed by atoms with E-state index in [0.717, 1.165) is 25.7 Å². The summed E-state index contributed by atoms with van der Waals surface area (Å²) in [6, 6.07) is 5.91. The van der Waals surface area contributed by atoms with Gasteiger partial charge in [-0.1, -0.05) is 17.3 Å². The first kappa shape index (κ1) is 15.1. The van der Waals surface area contributed by atoms with Crippen LogP contribution in [0.15, 0.2) is 29.4 Å². The minimum absolute atomic E-state index is 0.000197. The van der Waals surface area contributed by atoms with Crippen molar-refractivity contribution in [2.45, 2.75) is 31.7 Å². The molecule has 112 valence electrons. The number of nitro groups is 1. The predicted octanol–water partition coefficient (Wildman–Crippen LogP) is 2.65. The molecule has 21 heavy (non-hydrogen) atoms. The highest BCUT2D eigenvalue weighted by Gasteiger charge is 2.25. The van der Waals surface area contributed by atoms with Gasteiger partial charge in [-0.3, -0.25) is 14.9 Å². The highest BCUT2D eigenvalue weighted by molar-refractivity contribution is 5.98. The summed E-state index contributed by atoms with van der Waals surface area (Å²) in [5.41, 5.74) is -0.104. The van der Waals surface area contributed by atoms with E-state index in [9.17, 15) is 19.8 Å². The van der Waals surface area contributed by atoms with Crippen molar-refractivity contribution in [2.24, 2.45) is 11.1 Å². The fraction of sp³-hybridized carbons (Fsp3) is 0.500. The van der Waals surface area contributed by atoms with Crippen molar-refractivity contribution < 1.29 is 9.72 Å². The van der Waals surface area contributed by atoms with Gasteiger partial charge in [-0.05, 0) is 37.7 Å². The Labute approximate surface area is 121 Å². The fourth-order valence-corrected chi connectivity index (χ4v) is 2.68. The van der Waals surface area contributed by atoms with Gasteiger partial charge < -0.3 is 5.32 Å². The van der Waals surface area contributed by atoms with Crippen LogP contribution >= 0.6 is 0 Å². The van der Waals surface area contributed by atoms with Crippen LogP contribution in [-0.4, -0.2) is 23.4 Å². The molecular formula is C14H17N3O4. The summed E-state index contributed by atoms with van der Waals surface area (Å²) in [6.07, 6.45) is 3.22. The zero-order chi connectivity index (χ0) is 15.2. The molecule has 1 aromatic rings. The van der Waals surface area contributed by atoms with Crippen molar-refractivity contribution in [1.82, 2.24) is 5.32 Å². The van der Waals surface area contributed by atoms with Gasteiger partial charge in [0.1, 0.15) is 5.56 Å². The average molecular weight is 291 g/mol. The van der Waals surface area contributed by atoms with Gasteiger partial charge in [-0.25, -0.2) is 0 Å². The van der Waals surface area contributed by atoms with Crippen LogP contribution in [0.25, 0.3) is 0 Å². The summed E-state index contributed by atoms with van der Waals surface area (Å²) in [5.74, 6) is -0.124. The molecular weight excluding hydrogens is 274 g/mol. The van der Waals surface area contributed by atoms with Gasteiger partial charge in [0.25, 0.3) is 11.6 Å². The molecule has 0 radical (unpaired) electrons. The number of benzene rings is 1. The third kappa shape index (κ3) is 3.84. The van der Waals surface area contributed by atoms with E-state index in [1.165, 1.54) is 18.2 Å². The summed E-state index contributed by atoms with van der Waals surface area (Å²) in [4.78, 5) is 32.8. The zero-order valence-electron chi connectivity index (χ0n) is 11.5. The maximum Gasteiger partial charge on any atom is 0.282 e. The molecule has 7 heteroatoms. The lowest BCUT2D eigenvalue weighted by Gasteiger charge is -2.27. The van der Waals surface area contributed by atoms with Crippen molar-refractivity contribution in [2.75, 3.05) is 6.54 Å². The molecule has 0 unspecified atom stereocenters. The second-order valence-corrected chi connectivity index (χ2v) is 5.28. The third-order valence-electron chi connectivity index (χ3n) is 3.86. The summed E-state index contributed by atoms with van der Waals surface area (Å²) in [5, 5.41) is 16.7. The molecule has 1 N–H and O–H groups in total. The average Bonchev–Trinajstić information content (AvgIpc) is 2.49. The van der Waals surface area contributed by atoms with Crippen LogP contribution in [-0.2, 0) is 0 Å². The lowest BCUT2D eigenvalue weighted by Crippen LogP contribution is -2.38. The minimum Gasteiger partial charge on any atom is -0.349 e. The molecule has 0 aromatic heterocycles. The lowest BCUT2D eigenvalue weighted by molar-refractivity contribution is -0.385. The predicted molar refractivity (Wildman–Crippen MR) is 77.0 cm³/mol. The maximum atomic E-state index is 12.2. The lowest BCUT2D eigenvalue weighted by atomic mass is 9.86. The van der Waals surface area contributed by atoms with Crippen molar-refractivity contribution in [3.8, 4) is 0 Å². The van der Waals surface area contributed by atoms with E-state index in [1.54, 1.807) is 6.07 Å². The molecule has 1 aromatic carbocycles. The molecule has 0 spiro atoms. The topological polar surface area (TPSA) is 102 Å². The third-order valence-corrected chi connectivity index (χ3v) is 3.86. The van der Waals surface area contributed by atoms with E-state index in [4.69, 9.17) is 0 Å². The number of carbonyl (C=O) groups is 1. The second-order valence-electron chi connectivity index (χ2n) is 5.28. The van der Waals surface area contributed by atoms with Crippen LogP contribution in [0.4, 0.5) is 5.69 Å². The monoisotopic (exact) mass is 291 g/mol. The summed E-state index contributed by atoms with van der Waals surface area (Å²) in [6.45, 7) is 0.324. The number of nitroso groups, excluding NO2 is 1. The van der Waals surface area contributed by atoms with Crippen molar-refractivity contribution in [3.05, 3.63) is 44.9 Å². The SMILES string of the molecule is O=NCC1CCC(NC(=O)c2ccccc2[N+](=O)[O-])CC1. The smallest absolute Gasteiger partial charge is 0.282 e. The quantitative estimate of drug-likeness (QED) is 0.511. The van der Waals surface area contributed by atoms with E-state index in [0.29, 0.717) is 12.5 Å². The molecule has 1 fully saturated rings. The van der Waals surface area contributed by atoms with Crippen LogP contribution in [0.1, 0.15) is 36.0 Å². The van der Waals surface area contributed by atoms with Crippen LogP contribution < -0.4 is 5.32 Å². The number of amides is 1. The van der Waals surface area contributed by atoms with E-state index < -0.39 is 10.8 Å². The van der Waals surface area contributed by atoms with E-state index >= 15 is 0 Å². The number of nitrogens with zero attached hydrogens (tertiary/aromatic N) is 2. The van der Waals surface area contributed by atoms with Gasteiger partial charge in [0.2, 0.25) is 0 Å². The Morgan fingerprint density at radius 1 is 1.29 bits per heavy atom. The summed E-state index contributed by atoms with van der Waals surface area (Å²) >= 11 is 0. The van der Waals surface area contributed by atoms with Crippen molar-refractivity contribution in [1.29, 1.82) is 0 Å². The molecule has 1 amide bonds. The number of rotatable bonds is 5. The van der Waals surface area contributed by atoms with Gasteiger partial charge in [0.05, 0.1) is 11.5 Å². The molecule has 0 heterocycles. The Morgan fingerprint density at radius 3 is 2.57 bits per heavy atom. The van der Waals surface area contributed by atoms with Crippen LogP contribution in [0.5, 0.6) is 0 Å². The van der Waals surface area contributed by atoms with E-state index in [2.05, 4.69) is 10.5 Å². The van der Waals surface area contributed by atoms with Gasteiger partial charge in [0.15, 0.2) is 0 Å². The molecule has 0 bridgehead atoms. The van der Waals surface area contributed by atoms with Gasteiger partial charge in [-0.15, -0.1) is 0 Å². The van der Waals surface area contributed by atoms with Crippen LogP contribution in [0.2, 0.25) is 0 Å². The van der Waals surface area contributed by atoms with Crippen LogP contribution in [0.3, 0.4) is 0 Å². The van der Waals surface area contributed by atoms with Crippen LogP contribution in [0, 0.1) is 20.9 Å². The number of nitro benzene ring substituents is 1. The maximum absolute atomic E-state index is 12.2. The summed E-state index contributed by atoms with van der Waals surface area (Å²) < 4.78 is 0. The van der Waals surface area contributed by atoms with Gasteiger partial charge in [0, 0.05) is 12.1 Å². The standard InChI is InChI=1S/C14H17N3O4/c18-14(12-3-1-2-4-13(12)17(20)21)16-11-7-5-10(6-8-11)9-15-19/h1-4,10-11H,5-9H2,(H,16,18). The minimum atomic E-state index is -0.554. The number of hydrogen-bond acceptors (Lipinski definition) is 5. The number of nitrogens with one attached hydrogen (secondary N) is 1. The fourth-order valence-electron chi connectivity index (χ4n) is 2.68. The largest absolute Gasteiger partial charge is 0.349 e. The zero-order valence-corrected chi connectivity index (χ0v) is 11.5. The molecule has 7 nitrogen and oxygen atoms in total. The summed E-state index contributed by atoms with van der Waals surface area (Å²) in [7, 11) is 0. The highest BCUT2D eigenvalue weighted by atomic mass is 16.6.